The third-order valence-corrected chi connectivity index (χ3v) is 3.02. The lowest BCUT2D eigenvalue weighted by Gasteiger charge is -2.14. The summed E-state index contributed by atoms with van der Waals surface area (Å²) in [6, 6.07) is 12.4. The molecule has 0 unspecified atom stereocenters. The van der Waals surface area contributed by atoms with Gasteiger partial charge in [0.2, 0.25) is 0 Å². The molecule has 0 N–H and O–H groups in total. The van der Waals surface area contributed by atoms with Crippen molar-refractivity contribution in [2.75, 3.05) is 14.2 Å². The molecule has 0 bridgehead atoms. The van der Waals surface area contributed by atoms with Gasteiger partial charge in [0.1, 0.15) is 0 Å². The molecule has 0 radical (unpaired) electrons. The summed E-state index contributed by atoms with van der Waals surface area (Å²) >= 11 is 3.46. The van der Waals surface area contributed by atoms with Crippen molar-refractivity contribution < 1.29 is 9.47 Å². The zero-order valence-electron chi connectivity index (χ0n) is 9.24. The minimum Gasteiger partial charge on any atom is -0.352 e. The zero-order valence-corrected chi connectivity index (χ0v) is 10.8. The summed E-state index contributed by atoms with van der Waals surface area (Å²) in [4.78, 5) is 0. The maximum Gasteiger partial charge on any atom is 0.183 e. The maximum absolute atomic E-state index is 5.23. The number of hydrogen-bond donors (Lipinski definition) is 0. The van der Waals surface area contributed by atoms with Crippen LogP contribution in [0.5, 0.6) is 0 Å². The van der Waals surface area contributed by atoms with E-state index in [1.807, 2.05) is 12.1 Å². The molecule has 2 nitrogen and oxygen atoms in total. The van der Waals surface area contributed by atoms with Gasteiger partial charge < -0.3 is 9.47 Å². The third-order valence-electron chi connectivity index (χ3n) is 2.53. The highest BCUT2D eigenvalue weighted by atomic mass is 79.9. The first kappa shape index (κ1) is 11.6. The largest absolute Gasteiger partial charge is 0.352 e. The van der Waals surface area contributed by atoms with Crippen molar-refractivity contribution in [1.29, 1.82) is 0 Å². The third kappa shape index (κ3) is 2.26. The average Bonchev–Trinajstić information content (AvgIpc) is 2.31. The molecular formula is C13H13BrO2. The van der Waals surface area contributed by atoms with Crippen LogP contribution in [0.3, 0.4) is 0 Å². The van der Waals surface area contributed by atoms with Gasteiger partial charge >= 0.3 is 0 Å². The van der Waals surface area contributed by atoms with E-state index in [9.17, 15) is 0 Å². The minimum atomic E-state index is -0.298. The van der Waals surface area contributed by atoms with Gasteiger partial charge in [-0.2, -0.15) is 0 Å². The van der Waals surface area contributed by atoms with Crippen molar-refractivity contribution in [3.8, 4) is 0 Å². The van der Waals surface area contributed by atoms with Crippen molar-refractivity contribution in [2.24, 2.45) is 0 Å². The van der Waals surface area contributed by atoms with Crippen LogP contribution in [0.2, 0.25) is 0 Å². The number of fused-ring (bicyclic) bond motifs is 1. The fourth-order valence-corrected chi connectivity index (χ4v) is 2.13. The molecule has 2 aromatic carbocycles. The minimum absolute atomic E-state index is 0.298. The van der Waals surface area contributed by atoms with E-state index >= 15 is 0 Å². The Labute approximate surface area is 103 Å². The summed E-state index contributed by atoms with van der Waals surface area (Å²) in [5, 5.41) is 2.38. The zero-order chi connectivity index (χ0) is 11.5. The number of benzene rings is 2. The standard InChI is InChI=1S/C13H13BrO2/c1-15-13(16-2)11-4-3-10-8-12(14)6-5-9(10)7-11/h3-8,13H,1-2H3. The number of halogens is 1. The Morgan fingerprint density at radius 2 is 1.56 bits per heavy atom. The van der Waals surface area contributed by atoms with E-state index in [0.717, 1.165) is 10.0 Å². The molecule has 0 heterocycles. The van der Waals surface area contributed by atoms with Crippen LogP contribution in [0.25, 0.3) is 10.8 Å². The van der Waals surface area contributed by atoms with Gasteiger partial charge in [0, 0.05) is 24.3 Å². The van der Waals surface area contributed by atoms with E-state index in [2.05, 4.69) is 40.2 Å². The Morgan fingerprint density at radius 1 is 0.938 bits per heavy atom. The molecule has 2 rings (SSSR count). The molecule has 0 aliphatic rings. The predicted molar refractivity (Wildman–Crippen MR) is 68.4 cm³/mol. The van der Waals surface area contributed by atoms with Gasteiger partial charge in [0.05, 0.1) is 0 Å². The van der Waals surface area contributed by atoms with Crippen molar-refractivity contribution in [3.63, 3.8) is 0 Å². The summed E-state index contributed by atoms with van der Waals surface area (Å²) in [6.07, 6.45) is -0.298. The van der Waals surface area contributed by atoms with Gasteiger partial charge in [-0.05, 0) is 29.0 Å². The fourth-order valence-electron chi connectivity index (χ4n) is 1.75. The Kier molecular flexibility index (Phi) is 3.59. The van der Waals surface area contributed by atoms with Crippen LogP contribution < -0.4 is 0 Å². The molecule has 0 saturated carbocycles. The summed E-state index contributed by atoms with van der Waals surface area (Å²) in [7, 11) is 3.28. The highest BCUT2D eigenvalue weighted by Gasteiger charge is 2.08. The lowest BCUT2D eigenvalue weighted by atomic mass is 10.1. The Bertz CT molecular complexity index is 492. The molecule has 84 valence electrons. The maximum atomic E-state index is 5.23. The van der Waals surface area contributed by atoms with Crippen molar-refractivity contribution in [1.82, 2.24) is 0 Å². The molecule has 0 spiro atoms. The average molecular weight is 281 g/mol. The molecule has 16 heavy (non-hydrogen) atoms. The normalized spacial score (nSPS) is 11.2. The van der Waals surface area contributed by atoms with Crippen molar-refractivity contribution >= 4 is 26.7 Å². The second-order valence-electron chi connectivity index (χ2n) is 3.55. The van der Waals surface area contributed by atoms with E-state index < -0.39 is 0 Å². The monoisotopic (exact) mass is 280 g/mol. The van der Waals surface area contributed by atoms with E-state index in [4.69, 9.17) is 9.47 Å². The summed E-state index contributed by atoms with van der Waals surface area (Å²) in [5.41, 5.74) is 1.03. The predicted octanol–water partition coefficient (Wildman–Crippen LogP) is 3.89. The SMILES string of the molecule is COC(OC)c1ccc2cc(Br)ccc2c1. The van der Waals surface area contributed by atoms with Gasteiger partial charge in [-0.25, -0.2) is 0 Å². The first-order valence-corrected chi connectivity index (χ1v) is 5.78. The quantitative estimate of drug-likeness (QED) is 0.794. The topological polar surface area (TPSA) is 18.5 Å². The van der Waals surface area contributed by atoms with E-state index in [1.165, 1.54) is 10.8 Å². The van der Waals surface area contributed by atoms with Crippen LogP contribution in [-0.4, -0.2) is 14.2 Å². The van der Waals surface area contributed by atoms with Gasteiger partial charge in [-0.3, -0.25) is 0 Å². The number of hydrogen-bond acceptors (Lipinski definition) is 2. The number of methoxy groups -OCH3 is 2. The first-order valence-electron chi connectivity index (χ1n) is 4.99. The second kappa shape index (κ2) is 4.95. The van der Waals surface area contributed by atoms with E-state index in [-0.39, 0.29) is 6.29 Å². The number of rotatable bonds is 3. The fraction of sp³-hybridized carbons (Fsp3) is 0.231. The van der Waals surface area contributed by atoms with Crippen LogP contribution in [0.1, 0.15) is 11.9 Å². The first-order chi connectivity index (χ1) is 7.74. The van der Waals surface area contributed by atoms with Gasteiger partial charge in [-0.1, -0.05) is 34.1 Å². The lowest BCUT2D eigenvalue weighted by Crippen LogP contribution is -2.03. The summed E-state index contributed by atoms with van der Waals surface area (Å²) < 4.78 is 11.5. The number of ether oxygens (including phenoxy) is 2. The second-order valence-corrected chi connectivity index (χ2v) is 4.47. The molecule has 0 atom stereocenters. The molecular weight excluding hydrogens is 268 g/mol. The highest BCUT2D eigenvalue weighted by Crippen LogP contribution is 2.25. The van der Waals surface area contributed by atoms with Gasteiger partial charge in [0.25, 0.3) is 0 Å². The van der Waals surface area contributed by atoms with Crippen LogP contribution in [-0.2, 0) is 9.47 Å². The molecule has 0 aliphatic heterocycles. The smallest absolute Gasteiger partial charge is 0.183 e. The highest BCUT2D eigenvalue weighted by molar-refractivity contribution is 9.10. The molecule has 0 amide bonds. The lowest BCUT2D eigenvalue weighted by molar-refractivity contribution is -0.105. The van der Waals surface area contributed by atoms with E-state index in [0.29, 0.717) is 0 Å². The Balaban J connectivity index is 2.47. The van der Waals surface area contributed by atoms with Gasteiger partial charge in [-0.15, -0.1) is 0 Å². The van der Waals surface area contributed by atoms with Crippen molar-refractivity contribution in [3.05, 3.63) is 46.4 Å². The van der Waals surface area contributed by atoms with E-state index in [1.54, 1.807) is 14.2 Å². The summed E-state index contributed by atoms with van der Waals surface area (Å²) in [5.74, 6) is 0. The van der Waals surface area contributed by atoms with Crippen LogP contribution in [0, 0.1) is 0 Å². The molecule has 3 heteroatoms. The van der Waals surface area contributed by atoms with Crippen LogP contribution in [0.4, 0.5) is 0 Å². The molecule has 0 fully saturated rings. The Hall–Kier alpha value is -0.900. The van der Waals surface area contributed by atoms with Crippen LogP contribution in [0.15, 0.2) is 40.9 Å². The Morgan fingerprint density at radius 3 is 2.25 bits per heavy atom. The van der Waals surface area contributed by atoms with Crippen molar-refractivity contribution in [2.45, 2.75) is 6.29 Å². The molecule has 0 saturated heterocycles. The molecule has 0 aliphatic carbocycles. The van der Waals surface area contributed by atoms with Gasteiger partial charge in [0.15, 0.2) is 6.29 Å². The molecule has 2 aromatic rings. The summed E-state index contributed by atoms with van der Waals surface area (Å²) in [6.45, 7) is 0. The van der Waals surface area contributed by atoms with Crippen LogP contribution >= 0.6 is 15.9 Å². The molecule has 0 aromatic heterocycles.